The van der Waals surface area contributed by atoms with E-state index in [2.05, 4.69) is 0 Å². The molecule has 2 aromatic rings. The van der Waals surface area contributed by atoms with E-state index in [4.69, 9.17) is 4.74 Å². The van der Waals surface area contributed by atoms with Crippen LogP contribution in [0, 0.1) is 13.8 Å². The quantitative estimate of drug-likeness (QED) is 0.897. The second-order valence-electron chi connectivity index (χ2n) is 4.82. The molecule has 2 N–H and O–H groups in total. The molecule has 4 heteroatoms. The number of aryl methyl sites for hydroxylation is 1. The number of carboxylic acids is 1. The Morgan fingerprint density at radius 1 is 1.19 bits per heavy atom. The zero-order chi connectivity index (χ0) is 15.6. The Labute approximate surface area is 123 Å². The van der Waals surface area contributed by atoms with E-state index < -0.39 is 5.97 Å². The summed E-state index contributed by atoms with van der Waals surface area (Å²) in [5, 5.41) is 19.5. The minimum Gasteiger partial charge on any atom is -0.507 e. The molecule has 0 unspecified atom stereocenters. The molecule has 0 aliphatic heterocycles. The monoisotopic (exact) mass is 286 g/mol. The highest BCUT2D eigenvalue weighted by atomic mass is 16.5. The molecular formula is C17H18O4. The van der Waals surface area contributed by atoms with Gasteiger partial charge in [0.1, 0.15) is 17.1 Å². The van der Waals surface area contributed by atoms with Crippen molar-refractivity contribution in [1.82, 2.24) is 0 Å². The number of hydrogen-bond acceptors (Lipinski definition) is 3. The van der Waals surface area contributed by atoms with Gasteiger partial charge in [0, 0.05) is 0 Å². The van der Waals surface area contributed by atoms with E-state index in [9.17, 15) is 15.0 Å². The van der Waals surface area contributed by atoms with Gasteiger partial charge in [-0.25, -0.2) is 4.79 Å². The SMILES string of the molecule is CCOc1c(C(=O)O)ccc(O)c1-c1cccc(C)c1C. The van der Waals surface area contributed by atoms with Crippen molar-refractivity contribution >= 4 is 5.97 Å². The van der Waals surface area contributed by atoms with Gasteiger partial charge in [-0.05, 0) is 49.6 Å². The summed E-state index contributed by atoms with van der Waals surface area (Å²) in [5.41, 5.74) is 3.30. The second-order valence-corrected chi connectivity index (χ2v) is 4.82. The van der Waals surface area contributed by atoms with E-state index in [0.29, 0.717) is 12.2 Å². The Hall–Kier alpha value is -2.49. The molecule has 0 aliphatic rings. The number of carbonyl (C=O) groups is 1. The van der Waals surface area contributed by atoms with Crippen LogP contribution < -0.4 is 4.74 Å². The fraction of sp³-hybridized carbons (Fsp3) is 0.235. The summed E-state index contributed by atoms with van der Waals surface area (Å²) in [6.07, 6.45) is 0. The second kappa shape index (κ2) is 5.87. The highest BCUT2D eigenvalue weighted by Gasteiger charge is 2.21. The smallest absolute Gasteiger partial charge is 0.339 e. The molecule has 0 amide bonds. The molecule has 0 bridgehead atoms. The summed E-state index contributed by atoms with van der Waals surface area (Å²) in [6, 6.07) is 8.45. The van der Waals surface area contributed by atoms with Crippen molar-refractivity contribution in [3.63, 3.8) is 0 Å². The maximum Gasteiger partial charge on any atom is 0.339 e. The molecule has 0 aliphatic carbocycles. The van der Waals surface area contributed by atoms with E-state index in [-0.39, 0.29) is 17.1 Å². The highest BCUT2D eigenvalue weighted by molar-refractivity contribution is 5.96. The maximum atomic E-state index is 11.4. The number of hydrogen-bond donors (Lipinski definition) is 2. The van der Waals surface area contributed by atoms with Crippen molar-refractivity contribution in [2.45, 2.75) is 20.8 Å². The summed E-state index contributed by atoms with van der Waals surface area (Å²) < 4.78 is 5.52. The molecule has 0 spiro atoms. The fourth-order valence-corrected chi connectivity index (χ4v) is 2.32. The average Bonchev–Trinajstić information content (AvgIpc) is 2.43. The van der Waals surface area contributed by atoms with Crippen LogP contribution in [-0.2, 0) is 0 Å². The lowest BCUT2D eigenvalue weighted by Gasteiger charge is -2.17. The molecule has 0 atom stereocenters. The standard InChI is InChI=1S/C17H18O4/c1-4-21-16-13(17(19)20)8-9-14(18)15(16)12-7-5-6-10(2)11(12)3/h5-9,18H,4H2,1-3H3,(H,19,20). The van der Waals surface area contributed by atoms with Crippen molar-refractivity contribution in [3.8, 4) is 22.6 Å². The van der Waals surface area contributed by atoms with Crippen LogP contribution in [0.15, 0.2) is 30.3 Å². The Morgan fingerprint density at radius 2 is 1.90 bits per heavy atom. The van der Waals surface area contributed by atoms with E-state index in [1.54, 1.807) is 6.92 Å². The molecule has 21 heavy (non-hydrogen) atoms. The molecule has 110 valence electrons. The molecule has 0 fully saturated rings. The van der Waals surface area contributed by atoms with Crippen LogP contribution >= 0.6 is 0 Å². The Morgan fingerprint density at radius 3 is 2.52 bits per heavy atom. The van der Waals surface area contributed by atoms with E-state index in [0.717, 1.165) is 16.7 Å². The third kappa shape index (κ3) is 2.70. The lowest BCUT2D eigenvalue weighted by atomic mass is 9.94. The van der Waals surface area contributed by atoms with Gasteiger partial charge in [0.2, 0.25) is 0 Å². The molecule has 0 aromatic heterocycles. The van der Waals surface area contributed by atoms with Crippen molar-refractivity contribution in [2.75, 3.05) is 6.61 Å². The molecule has 0 heterocycles. The summed E-state index contributed by atoms with van der Waals surface area (Å²) in [5.74, 6) is -0.860. The predicted octanol–water partition coefficient (Wildman–Crippen LogP) is 3.77. The van der Waals surface area contributed by atoms with Crippen LogP contribution in [0.2, 0.25) is 0 Å². The number of aromatic hydroxyl groups is 1. The molecule has 4 nitrogen and oxygen atoms in total. The van der Waals surface area contributed by atoms with Gasteiger partial charge < -0.3 is 14.9 Å². The normalized spacial score (nSPS) is 10.4. The zero-order valence-corrected chi connectivity index (χ0v) is 12.3. The first-order chi connectivity index (χ1) is 9.97. The van der Waals surface area contributed by atoms with Crippen molar-refractivity contribution in [2.24, 2.45) is 0 Å². The lowest BCUT2D eigenvalue weighted by Crippen LogP contribution is -2.05. The Balaban J connectivity index is 2.80. The molecule has 0 radical (unpaired) electrons. The van der Waals surface area contributed by atoms with Crippen LogP contribution in [0.25, 0.3) is 11.1 Å². The number of phenols is 1. The minimum atomic E-state index is -1.08. The van der Waals surface area contributed by atoms with Gasteiger partial charge in [-0.15, -0.1) is 0 Å². The van der Waals surface area contributed by atoms with Crippen molar-refractivity contribution in [3.05, 3.63) is 47.0 Å². The number of phenolic OH excluding ortho intramolecular Hbond substituents is 1. The Kier molecular flexibility index (Phi) is 4.17. The van der Waals surface area contributed by atoms with Gasteiger partial charge >= 0.3 is 5.97 Å². The number of rotatable bonds is 4. The van der Waals surface area contributed by atoms with Crippen molar-refractivity contribution in [1.29, 1.82) is 0 Å². The summed E-state index contributed by atoms with van der Waals surface area (Å²) >= 11 is 0. The third-order valence-electron chi connectivity index (χ3n) is 3.53. The third-order valence-corrected chi connectivity index (χ3v) is 3.53. The lowest BCUT2D eigenvalue weighted by molar-refractivity contribution is 0.0692. The largest absolute Gasteiger partial charge is 0.507 e. The number of ether oxygens (including phenoxy) is 1. The Bertz CT molecular complexity index is 689. The summed E-state index contributed by atoms with van der Waals surface area (Å²) in [4.78, 5) is 11.4. The molecule has 0 saturated heterocycles. The number of carboxylic acid groups (broad SMARTS) is 1. The first-order valence-corrected chi connectivity index (χ1v) is 6.76. The zero-order valence-electron chi connectivity index (χ0n) is 12.3. The van der Waals surface area contributed by atoms with Crippen LogP contribution in [0.4, 0.5) is 0 Å². The molecule has 2 rings (SSSR count). The maximum absolute atomic E-state index is 11.4. The summed E-state index contributed by atoms with van der Waals surface area (Å²) in [7, 11) is 0. The first kappa shape index (κ1) is 14.9. The van der Waals surface area contributed by atoms with Crippen LogP contribution in [0.5, 0.6) is 11.5 Å². The van der Waals surface area contributed by atoms with Crippen LogP contribution in [-0.4, -0.2) is 22.8 Å². The van der Waals surface area contributed by atoms with Crippen LogP contribution in [0.1, 0.15) is 28.4 Å². The van der Waals surface area contributed by atoms with E-state index in [1.165, 1.54) is 12.1 Å². The van der Waals surface area contributed by atoms with Gasteiger partial charge in [-0.1, -0.05) is 18.2 Å². The molecule has 2 aromatic carbocycles. The van der Waals surface area contributed by atoms with Gasteiger partial charge in [-0.2, -0.15) is 0 Å². The van der Waals surface area contributed by atoms with Gasteiger partial charge in [0.15, 0.2) is 0 Å². The van der Waals surface area contributed by atoms with E-state index >= 15 is 0 Å². The van der Waals surface area contributed by atoms with Crippen LogP contribution in [0.3, 0.4) is 0 Å². The molecule has 0 saturated carbocycles. The van der Waals surface area contributed by atoms with Crippen molar-refractivity contribution < 1.29 is 19.7 Å². The average molecular weight is 286 g/mol. The first-order valence-electron chi connectivity index (χ1n) is 6.76. The van der Waals surface area contributed by atoms with Gasteiger partial charge in [0.25, 0.3) is 0 Å². The number of benzene rings is 2. The minimum absolute atomic E-state index is 0.0112. The number of aromatic carboxylic acids is 1. The molecular weight excluding hydrogens is 268 g/mol. The van der Waals surface area contributed by atoms with E-state index in [1.807, 2.05) is 32.0 Å². The summed E-state index contributed by atoms with van der Waals surface area (Å²) in [6.45, 7) is 6.01. The van der Waals surface area contributed by atoms with Gasteiger partial charge in [0.05, 0.1) is 12.2 Å². The predicted molar refractivity (Wildman–Crippen MR) is 81.1 cm³/mol. The topological polar surface area (TPSA) is 66.8 Å². The van der Waals surface area contributed by atoms with Gasteiger partial charge in [-0.3, -0.25) is 0 Å². The highest BCUT2D eigenvalue weighted by Crippen LogP contribution is 2.42. The fourth-order valence-electron chi connectivity index (χ4n) is 2.32.